The number of aromatic amines is 1. The number of hydrogen-bond acceptors (Lipinski definition) is 4. The highest BCUT2D eigenvalue weighted by Crippen LogP contribution is 2.21. The van der Waals surface area contributed by atoms with Gasteiger partial charge in [-0.2, -0.15) is 0 Å². The lowest BCUT2D eigenvalue weighted by Gasteiger charge is -2.08. The topological polar surface area (TPSA) is 84.0 Å². The summed E-state index contributed by atoms with van der Waals surface area (Å²) in [5, 5.41) is 4.55. The van der Waals surface area contributed by atoms with Gasteiger partial charge in [-0.1, -0.05) is 42.5 Å². The highest BCUT2D eigenvalue weighted by atomic mass is 32.1. The van der Waals surface area contributed by atoms with Crippen molar-refractivity contribution in [1.82, 2.24) is 9.55 Å². The number of anilines is 1. The van der Waals surface area contributed by atoms with Gasteiger partial charge in [-0.15, -0.1) is 11.3 Å². The Hall–Kier alpha value is -3.45. The second-order valence-electron chi connectivity index (χ2n) is 6.29. The summed E-state index contributed by atoms with van der Waals surface area (Å²) in [4.78, 5) is 39.4. The Morgan fingerprint density at radius 2 is 1.68 bits per heavy atom. The summed E-state index contributed by atoms with van der Waals surface area (Å²) >= 11 is 1.27. The molecule has 28 heavy (non-hydrogen) atoms. The van der Waals surface area contributed by atoms with Gasteiger partial charge in [0.15, 0.2) is 0 Å². The van der Waals surface area contributed by atoms with Crippen LogP contribution in [0, 0.1) is 0 Å². The van der Waals surface area contributed by atoms with Crippen LogP contribution in [0.15, 0.2) is 75.6 Å². The molecule has 7 heteroatoms. The summed E-state index contributed by atoms with van der Waals surface area (Å²) in [5.74, 6) is -0.259. The van der Waals surface area contributed by atoms with Crippen LogP contribution in [0.3, 0.4) is 0 Å². The predicted molar refractivity (Wildman–Crippen MR) is 112 cm³/mol. The third-order valence-corrected chi connectivity index (χ3v) is 5.33. The Morgan fingerprint density at radius 1 is 0.964 bits per heavy atom. The van der Waals surface area contributed by atoms with E-state index in [1.165, 1.54) is 11.3 Å². The molecule has 6 nitrogen and oxygen atoms in total. The van der Waals surface area contributed by atoms with Crippen molar-refractivity contribution in [3.05, 3.63) is 86.9 Å². The van der Waals surface area contributed by atoms with Crippen molar-refractivity contribution in [3.8, 4) is 11.1 Å². The molecule has 0 aliphatic heterocycles. The number of hydrogen-bond donors (Lipinski definition) is 2. The van der Waals surface area contributed by atoms with E-state index in [0.29, 0.717) is 15.9 Å². The van der Waals surface area contributed by atoms with Gasteiger partial charge in [-0.05, 0) is 34.7 Å². The second kappa shape index (κ2) is 7.66. The third-order valence-electron chi connectivity index (χ3n) is 4.43. The van der Waals surface area contributed by atoms with Gasteiger partial charge in [0.1, 0.15) is 4.70 Å². The van der Waals surface area contributed by atoms with E-state index >= 15 is 0 Å². The van der Waals surface area contributed by atoms with Crippen LogP contribution in [0.5, 0.6) is 0 Å². The molecule has 0 spiro atoms. The summed E-state index contributed by atoms with van der Waals surface area (Å²) < 4.78 is 1.55. The minimum Gasteiger partial charge on any atom is -0.326 e. The van der Waals surface area contributed by atoms with Gasteiger partial charge in [0, 0.05) is 18.7 Å². The zero-order valence-electron chi connectivity index (χ0n) is 14.8. The molecular formula is C21H17N3O3S. The number of aromatic nitrogens is 2. The highest BCUT2D eigenvalue weighted by molar-refractivity contribution is 7.17. The molecule has 0 saturated carbocycles. The normalized spacial score (nSPS) is 10.9. The molecule has 2 heterocycles. The molecule has 0 unspecified atom stereocenters. The molecule has 0 aliphatic carbocycles. The molecular weight excluding hydrogens is 374 g/mol. The summed E-state index contributed by atoms with van der Waals surface area (Å²) in [7, 11) is 0. The Balaban J connectivity index is 1.43. The monoisotopic (exact) mass is 391 g/mol. The first-order valence-corrected chi connectivity index (χ1v) is 9.65. The van der Waals surface area contributed by atoms with Gasteiger partial charge in [0.05, 0.1) is 5.52 Å². The fourth-order valence-electron chi connectivity index (χ4n) is 2.99. The number of amides is 1. The zero-order chi connectivity index (χ0) is 19.5. The van der Waals surface area contributed by atoms with Crippen LogP contribution >= 0.6 is 11.3 Å². The maximum atomic E-state index is 12.4. The Bertz CT molecular complexity index is 1240. The van der Waals surface area contributed by atoms with E-state index in [1.807, 2.05) is 54.6 Å². The van der Waals surface area contributed by atoms with Crippen LogP contribution in [0.2, 0.25) is 0 Å². The average molecular weight is 391 g/mol. The number of nitrogens with zero attached hydrogens (tertiary/aromatic N) is 1. The van der Waals surface area contributed by atoms with Crippen molar-refractivity contribution in [1.29, 1.82) is 0 Å². The fraction of sp³-hybridized carbons (Fsp3) is 0.0952. The standard InChI is InChI=1S/C21H17N3O3S/c25-18(10-12-24-20(26)19-17(11-13-28-19)23-21(24)27)22-16-8-6-15(7-9-16)14-4-2-1-3-5-14/h1-9,11,13H,10,12H2,(H,22,25)(H,23,27). The summed E-state index contributed by atoms with van der Waals surface area (Å²) in [5.41, 5.74) is 2.48. The van der Waals surface area contributed by atoms with Gasteiger partial charge < -0.3 is 10.3 Å². The van der Waals surface area contributed by atoms with Crippen LogP contribution in [0.25, 0.3) is 21.3 Å². The first kappa shape index (κ1) is 17.9. The van der Waals surface area contributed by atoms with E-state index in [0.717, 1.165) is 15.7 Å². The Kier molecular flexibility index (Phi) is 4.90. The fourth-order valence-corrected chi connectivity index (χ4v) is 3.78. The zero-order valence-corrected chi connectivity index (χ0v) is 15.7. The summed E-state index contributed by atoms with van der Waals surface area (Å²) in [6, 6.07) is 19.2. The number of carbonyl (C=O) groups excluding carboxylic acids is 1. The van der Waals surface area contributed by atoms with Gasteiger partial charge >= 0.3 is 5.69 Å². The number of benzene rings is 2. The molecule has 2 aromatic carbocycles. The van der Waals surface area contributed by atoms with E-state index in [4.69, 9.17) is 0 Å². The lowest BCUT2D eigenvalue weighted by Crippen LogP contribution is -2.35. The van der Waals surface area contributed by atoms with E-state index < -0.39 is 5.69 Å². The minimum absolute atomic E-state index is 0.0237. The predicted octanol–water partition coefficient (Wildman–Crippen LogP) is 3.45. The van der Waals surface area contributed by atoms with Crippen LogP contribution in [-0.2, 0) is 11.3 Å². The van der Waals surface area contributed by atoms with Crippen molar-refractivity contribution in [2.75, 3.05) is 5.32 Å². The SMILES string of the molecule is O=C(CCn1c(=O)[nH]c2ccsc2c1=O)Nc1ccc(-c2ccccc2)cc1. The first-order valence-electron chi connectivity index (χ1n) is 8.77. The minimum atomic E-state index is -0.504. The lowest BCUT2D eigenvalue weighted by atomic mass is 10.1. The lowest BCUT2D eigenvalue weighted by molar-refractivity contribution is -0.116. The maximum Gasteiger partial charge on any atom is 0.328 e. The number of thiophene rings is 1. The third kappa shape index (κ3) is 3.65. The number of carbonyl (C=O) groups is 1. The molecule has 0 radical (unpaired) electrons. The van der Waals surface area contributed by atoms with E-state index in [-0.39, 0.29) is 24.4 Å². The van der Waals surface area contributed by atoms with Crippen molar-refractivity contribution < 1.29 is 4.79 Å². The molecule has 4 aromatic rings. The number of rotatable bonds is 5. The maximum absolute atomic E-state index is 12.4. The molecule has 140 valence electrons. The second-order valence-corrected chi connectivity index (χ2v) is 7.21. The van der Waals surface area contributed by atoms with Crippen molar-refractivity contribution in [2.45, 2.75) is 13.0 Å². The van der Waals surface area contributed by atoms with E-state index in [1.54, 1.807) is 11.4 Å². The van der Waals surface area contributed by atoms with Gasteiger partial charge in [-0.3, -0.25) is 14.2 Å². The van der Waals surface area contributed by atoms with Crippen LogP contribution in [0.4, 0.5) is 5.69 Å². The Labute approximate surface area is 164 Å². The van der Waals surface area contributed by atoms with Crippen molar-refractivity contribution >= 4 is 33.1 Å². The molecule has 0 bridgehead atoms. The summed E-state index contributed by atoms with van der Waals surface area (Å²) in [6.07, 6.45) is 0.0281. The average Bonchev–Trinajstić information content (AvgIpc) is 3.17. The van der Waals surface area contributed by atoms with Crippen LogP contribution in [0.1, 0.15) is 6.42 Å². The van der Waals surface area contributed by atoms with Gasteiger partial charge in [0.25, 0.3) is 5.56 Å². The molecule has 0 saturated heterocycles. The number of nitrogens with one attached hydrogen (secondary N) is 2. The van der Waals surface area contributed by atoms with Crippen molar-refractivity contribution in [2.24, 2.45) is 0 Å². The molecule has 0 aliphatic rings. The molecule has 2 N–H and O–H groups in total. The van der Waals surface area contributed by atoms with Gasteiger partial charge in [0.2, 0.25) is 5.91 Å². The molecule has 2 aromatic heterocycles. The Morgan fingerprint density at radius 3 is 2.43 bits per heavy atom. The first-order chi connectivity index (χ1) is 13.6. The molecule has 0 atom stereocenters. The van der Waals surface area contributed by atoms with Gasteiger partial charge in [-0.25, -0.2) is 4.79 Å². The number of fused-ring (bicyclic) bond motifs is 1. The van der Waals surface area contributed by atoms with Crippen LogP contribution < -0.4 is 16.6 Å². The number of H-pyrrole nitrogens is 1. The molecule has 4 rings (SSSR count). The molecule has 0 fully saturated rings. The quantitative estimate of drug-likeness (QED) is 0.547. The summed E-state index contributed by atoms with van der Waals surface area (Å²) in [6.45, 7) is 0.0237. The van der Waals surface area contributed by atoms with E-state index in [9.17, 15) is 14.4 Å². The highest BCUT2D eigenvalue weighted by Gasteiger charge is 2.10. The van der Waals surface area contributed by atoms with E-state index in [2.05, 4.69) is 10.3 Å². The smallest absolute Gasteiger partial charge is 0.326 e. The molecule has 1 amide bonds. The van der Waals surface area contributed by atoms with Crippen molar-refractivity contribution in [3.63, 3.8) is 0 Å². The van der Waals surface area contributed by atoms with Crippen LogP contribution in [-0.4, -0.2) is 15.5 Å². The largest absolute Gasteiger partial charge is 0.328 e.